The summed E-state index contributed by atoms with van der Waals surface area (Å²) in [5.41, 5.74) is -2.38. The van der Waals surface area contributed by atoms with Gasteiger partial charge in [-0.2, -0.15) is 13.2 Å². The fourth-order valence-electron chi connectivity index (χ4n) is 3.01. The first-order valence-electron chi connectivity index (χ1n) is 8.74. The van der Waals surface area contributed by atoms with Crippen LogP contribution in [-0.2, 0) is 16.0 Å². The minimum Gasteiger partial charge on any atom is -0.477 e. The van der Waals surface area contributed by atoms with Crippen LogP contribution in [0.5, 0.6) is 0 Å². The predicted molar refractivity (Wildman–Crippen MR) is 101 cm³/mol. The van der Waals surface area contributed by atoms with Crippen LogP contribution in [-0.4, -0.2) is 29.5 Å². The van der Waals surface area contributed by atoms with Crippen molar-refractivity contribution < 1.29 is 40.3 Å². The maximum absolute atomic E-state index is 14.6. The van der Waals surface area contributed by atoms with Crippen molar-refractivity contribution in [1.82, 2.24) is 9.97 Å². The van der Waals surface area contributed by atoms with Crippen LogP contribution < -0.4 is 0 Å². The molecule has 168 valence electrons. The second-order valence-corrected chi connectivity index (χ2v) is 8.68. The molecule has 0 bridgehead atoms. The lowest BCUT2D eigenvalue weighted by Gasteiger charge is -2.21. The Morgan fingerprint density at radius 2 is 1.69 bits per heavy atom. The highest BCUT2D eigenvalue weighted by Crippen LogP contribution is 2.38. The van der Waals surface area contributed by atoms with Crippen molar-refractivity contribution in [2.75, 3.05) is 0 Å². The molecule has 3 rings (SSSR count). The van der Waals surface area contributed by atoms with Crippen LogP contribution in [0.15, 0.2) is 53.8 Å². The zero-order valence-electron chi connectivity index (χ0n) is 16.1. The Bertz CT molecular complexity index is 1290. The number of halogens is 5. The van der Waals surface area contributed by atoms with E-state index in [0.717, 1.165) is 18.3 Å². The molecular formula is C20H13F5N2O4S. The molecule has 0 aliphatic rings. The first kappa shape index (κ1) is 23.3. The summed E-state index contributed by atoms with van der Waals surface area (Å²) in [6.07, 6.45) is -3.57. The maximum atomic E-state index is 14.6. The van der Waals surface area contributed by atoms with Gasteiger partial charge in [0.1, 0.15) is 22.6 Å². The number of hydrogen-bond donors (Lipinski definition) is 1. The van der Waals surface area contributed by atoms with Crippen molar-refractivity contribution in [3.63, 3.8) is 0 Å². The van der Waals surface area contributed by atoms with Gasteiger partial charge >= 0.3 is 12.1 Å². The molecule has 0 aliphatic heterocycles. The van der Waals surface area contributed by atoms with Crippen molar-refractivity contribution in [2.45, 2.75) is 23.4 Å². The monoisotopic (exact) mass is 472 g/mol. The number of nitrogens with zero attached hydrogens (tertiary/aromatic N) is 2. The fourth-order valence-corrected chi connectivity index (χ4v) is 4.81. The molecule has 3 aromatic rings. The number of alkyl halides is 3. The number of aromatic nitrogens is 2. The molecule has 12 heteroatoms. The van der Waals surface area contributed by atoms with E-state index in [1.807, 2.05) is 0 Å². The van der Waals surface area contributed by atoms with Crippen LogP contribution in [0.2, 0.25) is 0 Å². The maximum Gasteiger partial charge on any atom is 0.417 e. The molecule has 2 heterocycles. The van der Waals surface area contributed by atoms with Crippen LogP contribution >= 0.6 is 0 Å². The van der Waals surface area contributed by atoms with E-state index in [-0.39, 0.29) is 11.1 Å². The van der Waals surface area contributed by atoms with E-state index in [4.69, 9.17) is 5.11 Å². The molecule has 0 aliphatic carbocycles. The largest absolute Gasteiger partial charge is 0.477 e. The highest BCUT2D eigenvalue weighted by molar-refractivity contribution is 7.91. The Kier molecular flexibility index (Phi) is 6.00. The van der Waals surface area contributed by atoms with Crippen LogP contribution in [0.25, 0.3) is 0 Å². The molecule has 0 saturated carbocycles. The third-order valence-electron chi connectivity index (χ3n) is 4.56. The number of carbonyl (C=O) groups is 1. The average molecular weight is 472 g/mol. The van der Waals surface area contributed by atoms with Crippen LogP contribution in [0.3, 0.4) is 0 Å². The molecule has 0 fully saturated rings. The number of benzene rings is 1. The van der Waals surface area contributed by atoms with E-state index in [1.54, 1.807) is 0 Å². The van der Waals surface area contributed by atoms with Crippen molar-refractivity contribution >= 4 is 15.8 Å². The van der Waals surface area contributed by atoms with Gasteiger partial charge in [-0.1, -0.05) is 0 Å². The standard InChI is InChI=1S/C20H13F5N2O4S/c1-10-6-16(19(28)29)26-9-14(10)18(13-7-12(21)3-4-15(13)22)32(30,31)17-5-2-11(8-27-17)20(23,24)25/h2-9,18H,1H3,(H,28,29). The summed E-state index contributed by atoms with van der Waals surface area (Å²) in [4.78, 5) is 18.2. The van der Waals surface area contributed by atoms with Gasteiger partial charge in [0, 0.05) is 18.0 Å². The highest BCUT2D eigenvalue weighted by atomic mass is 32.2. The van der Waals surface area contributed by atoms with E-state index in [9.17, 15) is 35.2 Å². The molecule has 0 saturated heterocycles. The third-order valence-corrected chi connectivity index (χ3v) is 6.51. The number of pyridine rings is 2. The number of aryl methyl sites for hydroxylation is 1. The van der Waals surface area contributed by atoms with Crippen LogP contribution in [0.1, 0.15) is 38.0 Å². The lowest BCUT2D eigenvalue weighted by Crippen LogP contribution is -2.20. The average Bonchev–Trinajstić information content (AvgIpc) is 2.71. The zero-order chi connectivity index (χ0) is 23.8. The molecule has 1 atom stereocenters. The quantitative estimate of drug-likeness (QED) is 0.555. The van der Waals surface area contributed by atoms with Gasteiger partial charge in [0.25, 0.3) is 0 Å². The minimum atomic E-state index is -4.77. The number of sulfone groups is 1. The minimum absolute atomic E-state index is 0.0709. The zero-order valence-corrected chi connectivity index (χ0v) is 16.9. The topological polar surface area (TPSA) is 97.2 Å². The Balaban J connectivity index is 2.25. The Morgan fingerprint density at radius 1 is 1.00 bits per heavy atom. The van der Waals surface area contributed by atoms with Gasteiger partial charge in [-0.3, -0.25) is 0 Å². The van der Waals surface area contributed by atoms with Gasteiger partial charge in [0.05, 0.1) is 5.56 Å². The second-order valence-electron chi connectivity index (χ2n) is 6.71. The molecule has 32 heavy (non-hydrogen) atoms. The SMILES string of the molecule is Cc1cc(C(=O)O)ncc1C(c1cc(F)ccc1F)S(=O)(=O)c1ccc(C(F)(F)F)cn1. The molecule has 0 spiro atoms. The number of hydrogen-bond acceptors (Lipinski definition) is 5. The smallest absolute Gasteiger partial charge is 0.417 e. The lowest BCUT2D eigenvalue weighted by atomic mass is 10.0. The van der Waals surface area contributed by atoms with Crippen molar-refractivity contribution in [1.29, 1.82) is 0 Å². The number of aromatic carboxylic acids is 1. The van der Waals surface area contributed by atoms with E-state index in [2.05, 4.69) is 9.97 Å². The van der Waals surface area contributed by atoms with Gasteiger partial charge in [0.15, 0.2) is 5.03 Å². The molecule has 1 unspecified atom stereocenters. The highest BCUT2D eigenvalue weighted by Gasteiger charge is 2.37. The lowest BCUT2D eigenvalue weighted by molar-refractivity contribution is -0.137. The third kappa shape index (κ3) is 4.44. The Morgan fingerprint density at radius 3 is 2.22 bits per heavy atom. The Hall–Kier alpha value is -3.41. The predicted octanol–water partition coefficient (Wildman–Crippen LogP) is 4.34. The Labute approximate surface area is 178 Å². The number of carboxylic acids is 1. The van der Waals surface area contributed by atoms with Crippen molar-refractivity contribution in [3.05, 3.63) is 88.4 Å². The van der Waals surface area contributed by atoms with E-state index >= 15 is 0 Å². The first-order chi connectivity index (χ1) is 14.8. The summed E-state index contributed by atoms with van der Waals surface area (Å²) in [5.74, 6) is -3.47. The van der Waals surface area contributed by atoms with Gasteiger partial charge in [-0.25, -0.2) is 32.0 Å². The van der Waals surface area contributed by atoms with Crippen molar-refractivity contribution in [3.8, 4) is 0 Å². The van der Waals surface area contributed by atoms with Crippen LogP contribution in [0.4, 0.5) is 22.0 Å². The van der Waals surface area contributed by atoms with Gasteiger partial charge in [-0.15, -0.1) is 0 Å². The molecule has 6 nitrogen and oxygen atoms in total. The fraction of sp³-hybridized carbons (Fsp3) is 0.150. The van der Waals surface area contributed by atoms with E-state index in [1.165, 1.54) is 6.92 Å². The van der Waals surface area contributed by atoms with Crippen molar-refractivity contribution in [2.24, 2.45) is 0 Å². The van der Waals surface area contributed by atoms with Gasteiger partial charge in [-0.05, 0) is 54.4 Å². The molecule has 2 aromatic heterocycles. The second kappa shape index (κ2) is 8.26. The van der Waals surface area contributed by atoms with Gasteiger partial charge in [0.2, 0.25) is 9.84 Å². The van der Waals surface area contributed by atoms with E-state index in [0.29, 0.717) is 30.5 Å². The molecule has 0 amide bonds. The normalized spacial score (nSPS) is 13.1. The molecular weight excluding hydrogens is 459 g/mol. The van der Waals surface area contributed by atoms with Crippen LogP contribution in [0, 0.1) is 18.6 Å². The summed E-state index contributed by atoms with van der Waals surface area (Å²) in [5, 5.41) is 6.29. The summed E-state index contributed by atoms with van der Waals surface area (Å²) in [7, 11) is -4.74. The first-order valence-corrected chi connectivity index (χ1v) is 10.3. The molecule has 1 N–H and O–H groups in total. The molecule has 1 aromatic carbocycles. The summed E-state index contributed by atoms with van der Waals surface area (Å²) < 4.78 is 93.6. The summed E-state index contributed by atoms with van der Waals surface area (Å²) in [6.45, 7) is 1.34. The summed E-state index contributed by atoms with van der Waals surface area (Å²) >= 11 is 0. The van der Waals surface area contributed by atoms with E-state index < -0.39 is 60.7 Å². The molecule has 0 radical (unpaired) electrons. The summed E-state index contributed by atoms with van der Waals surface area (Å²) in [6, 6.07) is 4.23. The number of carboxylic acid groups (broad SMARTS) is 1. The van der Waals surface area contributed by atoms with Gasteiger partial charge < -0.3 is 5.11 Å². The number of rotatable bonds is 5.